The summed E-state index contributed by atoms with van der Waals surface area (Å²) in [5.41, 5.74) is 0.160. The van der Waals surface area contributed by atoms with Crippen molar-refractivity contribution < 1.29 is 0 Å². The zero-order chi connectivity index (χ0) is 13.2. The highest BCUT2D eigenvalue weighted by Crippen LogP contribution is 2.60. The van der Waals surface area contributed by atoms with Crippen molar-refractivity contribution in [3.63, 3.8) is 0 Å². The van der Waals surface area contributed by atoms with E-state index in [2.05, 4.69) is 79.6 Å². The highest BCUT2D eigenvalue weighted by Gasteiger charge is 2.32. The van der Waals surface area contributed by atoms with Gasteiger partial charge in [-0.15, -0.1) is 0 Å². The van der Waals surface area contributed by atoms with Gasteiger partial charge in [0, 0.05) is 5.54 Å². The second-order valence-electron chi connectivity index (χ2n) is 7.42. The van der Waals surface area contributed by atoms with Crippen molar-refractivity contribution in [2.24, 2.45) is 0 Å². The van der Waals surface area contributed by atoms with Crippen LogP contribution in [0.5, 0.6) is 0 Å². The van der Waals surface area contributed by atoms with Crippen LogP contribution in [0.4, 0.5) is 0 Å². The Kier molecular flexibility index (Phi) is 5.08. The molecule has 0 aromatic carbocycles. The van der Waals surface area contributed by atoms with E-state index in [4.69, 9.17) is 0 Å². The van der Waals surface area contributed by atoms with Gasteiger partial charge < -0.3 is 5.32 Å². The van der Waals surface area contributed by atoms with Crippen LogP contribution in [0.15, 0.2) is 12.0 Å². The Hall–Kier alpha value is -0.0300. The standard InChI is InChI=1S/C14H30NP/c1-12(2,3)15-10-11-16(13(4,5)6)14(7,8)9/h10-11,15H,1-9H3/b11-10+. The summed E-state index contributed by atoms with van der Waals surface area (Å²) in [5, 5.41) is 4.16. The molecule has 2 heteroatoms. The van der Waals surface area contributed by atoms with Crippen LogP contribution in [0, 0.1) is 0 Å². The molecule has 1 nitrogen and oxygen atoms in total. The molecule has 0 saturated heterocycles. The van der Waals surface area contributed by atoms with E-state index >= 15 is 0 Å². The third kappa shape index (κ3) is 6.53. The van der Waals surface area contributed by atoms with Crippen LogP contribution in [-0.2, 0) is 0 Å². The Morgan fingerprint density at radius 3 is 1.38 bits per heavy atom. The van der Waals surface area contributed by atoms with E-state index in [-0.39, 0.29) is 13.5 Å². The second-order valence-corrected chi connectivity index (χ2v) is 11.1. The van der Waals surface area contributed by atoms with Gasteiger partial charge in [-0.1, -0.05) is 49.5 Å². The van der Waals surface area contributed by atoms with Crippen molar-refractivity contribution in [3.8, 4) is 0 Å². The molecule has 1 N–H and O–H groups in total. The lowest BCUT2D eigenvalue weighted by Crippen LogP contribution is -2.31. The minimum atomic E-state index is -0.139. The minimum absolute atomic E-state index is 0.139. The lowest BCUT2D eigenvalue weighted by molar-refractivity contribution is 0.491. The largest absolute Gasteiger partial charge is 0.386 e. The molecule has 96 valence electrons. The molecule has 0 aliphatic rings. The quantitative estimate of drug-likeness (QED) is 0.678. The van der Waals surface area contributed by atoms with E-state index in [1.807, 2.05) is 0 Å². The Balaban J connectivity index is 4.72. The van der Waals surface area contributed by atoms with Gasteiger partial charge in [-0.05, 0) is 43.1 Å². The maximum atomic E-state index is 3.43. The van der Waals surface area contributed by atoms with Crippen LogP contribution >= 0.6 is 7.92 Å². The van der Waals surface area contributed by atoms with Crippen molar-refractivity contribution in [3.05, 3.63) is 12.0 Å². The fraction of sp³-hybridized carbons (Fsp3) is 0.857. The summed E-state index contributed by atoms with van der Waals surface area (Å²) in [6, 6.07) is 0. The van der Waals surface area contributed by atoms with Gasteiger partial charge in [0.25, 0.3) is 0 Å². The molecule has 0 aromatic heterocycles. The van der Waals surface area contributed by atoms with Crippen molar-refractivity contribution >= 4 is 7.92 Å². The van der Waals surface area contributed by atoms with E-state index in [0.717, 1.165) is 0 Å². The monoisotopic (exact) mass is 243 g/mol. The SMILES string of the molecule is CC(C)(C)N/C=C/P(C(C)(C)C)C(C)(C)C. The number of hydrogen-bond donors (Lipinski definition) is 1. The first kappa shape index (κ1) is 16.0. The van der Waals surface area contributed by atoms with Gasteiger partial charge in [-0.3, -0.25) is 0 Å². The van der Waals surface area contributed by atoms with Gasteiger partial charge in [0.1, 0.15) is 0 Å². The van der Waals surface area contributed by atoms with Gasteiger partial charge in [-0.2, -0.15) is 0 Å². The summed E-state index contributed by atoms with van der Waals surface area (Å²) < 4.78 is 0. The van der Waals surface area contributed by atoms with Gasteiger partial charge in [0.15, 0.2) is 0 Å². The summed E-state index contributed by atoms with van der Waals surface area (Å²) in [4.78, 5) is 0. The molecular weight excluding hydrogens is 213 g/mol. The van der Waals surface area contributed by atoms with Crippen LogP contribution in [0.1, 0.15) is 62.3 Å². The molecule has 0 rings (SSSR count). The topological polar surface area (TPSA) is 12.0 Å². The van der Waals surface area contributed by atoms with Gasteiger partial charge in [0.05, 0.1) is 0 Å². The van der Waals surface area contributed by atoms with Crippen molar-refractivity contribution in [1.82, 2.24) is 5.32 Å². The van der Waals surface area contributed by atoms with Crippen LogP contribution < -0.4 is 5.32 Å². The van der Waals surface area contributed by atoms with E-state index < -0.39 is 0 Å². The molecule has 0 saturated carbocycles. The number of nitrogens with one attached hydrogen (secondary N) is 1. The van der Waals surface area contributed by atoms with Crippen LogP contribution in [0.2, 0.25) is 0 Å². The summed E-state index contributed by atoms with van der Waals surface area (Å²) in [6.45, 7) is 20.6. The first-order valence-electron chi connectivity index (χ1n) is 6.08. The lowest BCUT2D eigenvalue weighted by Gasteiger charge is -2.39. The maximum absolute atomic E-state index is 3.43. The normalized spacial score (nSPS) is 14.9. The third-order valence-corrected chi connectivity index (χ3v) is 5.52. The van der Waals surface area contributed by atoms with Crippen LogP contribution in [0.3, 0.4) is 0 Å². The zero-order valence-corrected chi connectivity index (χ0v) is 13.5. The summed E-state index contributed by atoms with van der Waals surface area (Å²) in [7, 11) is -0.139. The van der Waals surface area contributed by atoms with Gasteiger partial charge in [-0.25, -0.2) is 0 Å². The molecule has 0 unspecified atom stereocenters. The first-order valence-corrected chi connectivity index (χ1v) is 7.49. The van der Waals surface area contributed by atoms with Crippen molar-refractivity contribution in [1.29, 1.82) is 0 Å². The molecule has 0 aliphatic heterocycles. The summed E-state index contributed by atoms with van der Waals surface area (Å²) >= 11 is 0. The second kappa shape index (κ2) is 5.08. The maximum Gasteiger partial charge on any atom is 0.0283 e. The van der Waals surface area contributed by atoms with E-state index in [0.29, 0.717) is 10.3 Å². The molecule has 0 radical (unpaired) electrons. The van der Waals surface area contributed by atoms with Gasteiger partial charge in [0.2, 0.25) is 0 Å². The van der Waals surface area contributed by atoms with Gasteiger partial charge >= 0.3 is 0 Å². The predicted molar refractivity (Wildman–Crippen MR) is 78.5 cm³/mol. The molecule has 0 atom stereocenters. The fourth-order valence-corrected chi connectivity index (χ4v) is 4.95. The molecule has 0 fully saturated rings. The smallest absolute Gasteiger partial charge is 0.0283 e. The van der Waals surface area contributed by atoms with E-state index in [9.17, 15) is 0 Å². The Morgan fingerprint density at radius 2 is 1.12 bits per heavy atom. The first-order chi connectivity index (χ1) is 6.84. The van der Waals surface area contributed by atoms with Crippen LogP contribution in [-0.4, -0.2) is 15.9 Å². The lowest BCUT2D eigenvalue weighted by atomic mass is 10.1. The molecule has 0 aliphatic carbocycles. The average Bonchev–Trinajstić information content (AvgIpc) is 1.90. The van der Waals surface area contributed by atoms with E-state index in [1.54, 1.807) is 0 Å². The molecule has 0 amide bonds. The zero-order valence-electron chi connectivity index (χ0n) is 12.6. The third-order valence-electron chi connectivity index (χ3n) is 2.19. The molecule has 16 heavy (non-hydrogen) atoms. The van der Waals surface area contributed by atoms with Crippen LogP contribution in [0.25, 0.3) is 0 Å². The van der Waals surface area contributed by atoms with Crippen molar-refractivity contribution in [2.75, 3.05) is 0 Å². The fourth-order valence-electron chi connectivity index (χ4n) is 1.82. The summed E-state index contributed by atoms with van der Waals surface area (Å²) in [5.74, 6) is 2.39. The van der Waals surface area contributed by atoms with Crippen molar-refractivity contribution in [2.45, 2.75) is 78.2 Å². The minimum Gasteiger partial charge on any atom is -0.386 e. The molecule has 0 bridgehead atoms. The average molecular weight is 243 g/mol. The molecule has 0 spiro atoms. The number of hydrogen-bond acceptors (Lipinski definition) is 1. The highest BCUT2D eigenvalue weighted by molar-refractivity contribution is 7.63. The Morgan fingerprint density at radius 1 is 0.750 bits per heavy atom. The summed E-state index contributed by atoms with van der Waals surface area (Å²) in [6.07, 6.45) is 2.15. The Labute approximate surface area is 104 Å². The predicted octanol–water partition coefficient (Wildman–Crippen LogP) is 4.92. The molecule has 0 aromatic rings. The molecule has 0 heterocycles. The highest BCUT2D eigenvalue weighted by atomic mass is 31.1. The van der Waals surface area contributed by atoms with E-state index in [1.165, 1.54) is 0 Å². The Bertz CT molecular complexity index is 221. The molecular formula is C14H30NP. The number of rotatable bonds is 2.